The molecule has 2 saturated carbocycles. The van der Waals surface area contributed by atoms with Gasteiger partial charge in [-0.15, -0.1) is 0 Å². The third-order valence-electron chi connectivity index (χ3n) is 5.09. The Morgan fingerprint density at radius 3 is 2.88 bits per heavy atom. The van der Waals surface area contributed by atoms with E-state index >= 15 is 0 Å². The lowest BCUT2D eigenvalue weighted by Gasteiger charge is -2.28. The fourth-order valence-electron chi connectivity index (χ4n) is 4.00. The largest absolute Gasteiger partial charge is 0.353 e. The Kier molecular flexibility index (Phi) is 2.99. The summed E-state index contributed by atoms with van der Waals surface area (Å²) >= 11 is 0. The number of hydrogen-bond acceptors (Lipinski definition) is 1. The summed E-state index contributed by atoms with van der Waals surface area (Å²) in [6.45, 7) is 3.40. The van der Waals surface area contributed by atoms with E-state index in [2.05, 4.69) is 42.2 Å². The average molecular weight is 232 g/mol. The fraction of sp³-hybridized carbons (Fsp3) is 0.733. The van der Waals surface area contributed by atoms with Crippen LogP contribution in [0.3, 0.4) is 0 Å². The first-order valence-corrected chi connectivity index (χ1v) is 7.07. The van der Waals surface area contributed by atoms with Crippen molar-refractivity contribution in [2.45, 2.75) is 45.2 Å². The molecule has 1 aromatic rings. The van der Waals surface area contributed by atoms with Gasteiger partial charge in [0.15, 0.2) is 0 Å². The van der Waals surface area contributed by atoms with Crippen LogP contribution in [0, 0.1) is 17.8 Å². The Labute approximate surface area is 104 Å². The van der Waals surface area contributed by atoms with E-state index < -0.39 is 0 Å². The van der Waals surface area contributed by atoms with Gasteiger partial charge in [0.2, 0.25) is 0 Å². The third-order valence-corrected chi connectivity index (χ3v) is 5.09. The van der Waals surface area contributed by atoms with Crippen LogP contribution in [-0.2, 0) is 13.6 Å². The lowest BCUT2D eigenvalue weighted by molar-refractivity contribution is 0.258. The van der Waals surface area contributed by atoms with Crippen LogP contribution in [0.25, 0.3) is 0 Å². The summed E-state index contributed by atoms with van der Waals surface area (Å²) in [5, 5.41) is 3.73. The van der Waals surface area contributed by atoms with Crippen LogP contribution in [-0.4, -0.2) is 10.6 Å². The minimum Gasteiger partial charge on any atom is -0.353 e. The molecule has 0 amide bonds. The normalized spacial score (nSPS) is 33.2. The van der Waals surface area contributed by atoms with Gasteiger partial charge in [0.25, 0.3) is 0 Å². The van der Waals surface area contributed by atoms with E-state index in [4.69, 9.17) is 0 Å². The molecule has 2 fully saturated rings. The molecule has 0 saturated heterocycles. The predicted octanol–water partition coefficient (Wildman–Crippen LogP) is 2.94. The van der Waals surface area contributed by atoms with E-state index in [0.29, 0.717) is 6.04 Å². The molecule has 1 aromatic heterocycles. The van der Waals surface area contributed by atoms with Gasteiger partial charge in [0, 0.05) is 31.5 Å². The SMILES string of the molecule is CC(NCc1cccn1C)C1CC2CCC1C2. The van der Waals surface area contributed by atoms with Gasteiger partial charge in [-0.1, -0.05) is 6.42 Å². The summed E-state index contributed by atoms with van der Waals surface area (Å²) in [6.07, 6.45) is 8.11. The van der Waals surface area contributed by atoms with Gasteiger partial charge in [-0.05, 0) is 56.1 Å². The van der Waals surface area contributed by atoms with Gasteiger partial charge in [0.1, 0.15) is 0 Å². The summed E-state index contributed by atoms with van der Waals surface area (Å²) < 4.78 is 2.21. The van der Waals surface area contributed by atoms with Crippen molar-refractivity contribution >= 4 is 0 Å². The molecule has 0 spiro atoms. The van der Waals surface area contributed by atoms with Crippen molar-refractivity contribution in [1.82, 2.24) is 9.88 Å². The number of aryl methyl sites for hydroxylation is 1. The zero-order valence-corrected chi connectivity index (χ0v) is 11.0. The summed E-state index contributed by atoms with van der Waals surface area (Å²) in [5.41, 5.74) is 1.39. The monoisotopic (exact) mass is 232 g/mol. The zero-order valence-electron chi connectivity index (χ0n) is 11.0. The Morgan fingerprint density at radius 1 is 1.41 bits per heavy atom. The molecule has 2 aliphatic rings. The second-order valence-electron chi connectivity index (χ2n) is 6.12. The predicted molar refractivity (Wildman–Crippen MR) is 70.7 cm³/mol. The first-order chi connectivity index (χ1) is 8.24. The number of nitrogens with zero attached hydrogens (tertiary/aromatic N) is 1. The van der Waals surface area contributed by atoms with Crippen molar-refractivity contribution in [2.75, 3.05) is 0 Å². The van der Waals surface area contributed by atoms with Crippen LogP contribution >= 0.6 is 0 Å². The molecule has 4 atom stereocenters. The first kappa shape index (κ1) is 11.3. The van der Waals surface area contributed by atoms with Crippen molar-refractivity contribution in [2.24, 2.45) is 24.8 Å². The molecule has 2 nitrogen and oxygen atoms in total. The maximum atomic E-state index is 3.73. The molecule has 0 radical (unpaired) electrons. The second-order valence-corrected chi connectivity index (χ2v) is 6.12. The van der Waals surface area contributed by atoms with Crippen LogP contribution in [0.1, 0.15) is 38.3 Å². The topological polar surface area (TPSA) is 17.0 Å². The molecule has 2 aliphatic carbocycles. The molecule has 2 bridgehead atoms. The van der Waals surface area contributed by atoms with Crippen LogP contribution in [0.4, 0.5) is 0 Å². The van der Waals surface area contributed by atoms with Gasteiger partial charge >= 0.3 is 0 Å². The second kappa shape index (κ2) is 4.49. The van der Waals surface area contributed by atoms with E-state index in [1.165, 1.54) is 31.4 Å². The van der Waals surface area contributed by atoms with Crippen molar-refractivity contribution < 1.29 is 0 Å². The number of rotatable bonds is 4. The minimum absolute atomic E-state index is 0.681. The summed E-state index contributed by atoms with van der Waals surface area (Å²) in [7, 11) is 2.12. The van der Waals surface area contributed by atoms with Crippen molar-refractivity contribution in [3.05, 3.63) is 24.0 Å². The smallest absolute Gasteiger partial charge is 0.0361 e. The highest BCUT2D eigenvalue weighted by Gasteiger charge is 2.41. The summed E-state index contributed by atoms with van der Waals surface area (Å²) in [6, 6.07) is 5.01. The molecule has 0 aromatic carbocycles. The van der Waals surface area contributed by atoms with Crippen molar-refractivity contribution in [3.8, 4) is 0 Å². The number of nitrogens with one attached hydrogen (secondary N) is 1. The average Bonchev–Trinajstić information content (AvgIpc) is 3.01. The molecule has 3 rings (SSSR count). The molecular formula is C15H24N2. The van der Waals surface area contributed by atoms with Gasteiger partial charge < -0.3 is 9.88 Å². The number of hydrogen-bond donors (Lipinski definition) is 1. The molecule has 17 heavy (non-hydrogen) atoms. The van der Waals surface area contributed by atoms with Gasteiger partial charge in [-0.25, -0.2) is 0 Å². The lowest BCUT2D eigenvalue weighted by atomic mass is 9.84. The summed E-state index contributed by atoms with van der Waals surface area (Å²) in [4.78, 5) is 0. The van der Waals surface area contributed by atoms with E-state index in [-0.39, 0.29) is 0 Å². The summed E-state index contributed by atoms with van der Waals surface area (Å²) in [5.74, 6) is 3.02. The highest BCUT2D eigenvalue weighted by molar-refractivity contribution is 5.06. The highest BCUT2D eigenvalue weighted by Crippen LogP contribution is 2.49. The molecule has 4 unspecified atom stereocenters. The van der Waals surface area contributed by atoms with Crippen LogP contribution in [0.15, 0.2) is 18.3 Å². The molecule has 1 heterocycles. The Bertz CT molecular complexity index is 382. The van der Waals surface area contributed by atoms with E-state index in [9.17, 15) is 0 Å². The lowest BCUT2D eigenvalue weighted by Crippen LogP contribution is -2.36. The first-order valence-electron chi connectivity index (χ1n) is 7.07. The molecule has 94 valence electrons. The molecular weight excluding hydrogens is 208 g/mol. The van der Waals surface area contributed by atoms with Crippen molar-refractivity contribution in [3.63, 3.8) is 0 Å². The van der Waals surface area contributed by atoms with Crippen LogP contribution in [0.5, 0.6) is 0 Å². The Morgan fingerprint density at radius 2 is 2.29 bits per heavy atom. The third kappa shape index (κ3) is 2.15. The quantitative estimate of drug-likeness (QED) is 0.844. The Hall–Kier alpha value is -0.760. The molecule has 1 N–H and O–H groups in total. The minimum atomic E-state index is 0.681. The maximum Gasteiger partial charge on any atom is 0.0361 e. The number of aromatic nitrogens is 1. The van der Waals surface area contributed by atoms with E-state index in [1.807, 2.05) is 0 Å². The van der Waals surface area contributed by atoms with E-state index in [0.717, 1.165) is 24.3 Å². The Balaban J connectivity index is 1.54. The molecule has 0 aliphatic heterocycles. The number of fused-ring (bicyclic) bond motifs is 2. The van der Waals surface area contributed by atoms with Crippen LogP contribution in [0.2, 0.25) is 0 Å². The van der Waals surface area contributed by atoms with E-state index in [1.54, 1.807) is 0 Å². The zero-order chi connectivity index (χ0) is 11.8. The van der Waals surface area contributed by atoms with Gasteiger partial charge in [-0.2, -0.15) is 0 Å². The van der Waals surface area contributed by atoms with Gasteiger partial charge in [-0.3, -0.25) is 0 Å². The fourth-order valence-corrected chi connectivity index (χ4v) is 4.00. The van der Waals surface area contributed by atoms with Gasteiger partial charge in [0.05, 0.1) is 0 Å². The standard InChI is InChI=1S/C15H24N2/c1-11(15-9-12-5-6-13(15)8-12)16-10-14-4-3-7-17(14)2/h3-4,7,11-13,15-16H,5-6,8-10H2,1-2H3. The van der Waals surface area contributed by atoms with Crippen molar-refractivity contribution in [1.29, 1.82) is 0 Å². The maximum absolute atomic E-state index is 3.73. The molecule has 2 heteroatoms. The highest BCUT2D eigenvalue weighted by atomic mass is 15.0. The van der Waals surface area contributed by atoms with Crippen LogP contribution < -0.4 is 5.32 Å².